The van der Waals surface area contributed by atoms with Gasteiger partial charge in [0, 0.05) is 36.2 Å². The Kier molecular flexibility index (Phi) is 7.27. The maximum atomic E-state index is 14.4. The van der Waals surface area contributed by atoms with Gasteiger partial charge in [0.05, 0.1) is 24.8 Å². The minimum Gasteiger partial charge on any atom is -0.496 e. The van der Waals surface area contributed by atoms with E-state index in [-0.39, 0.29) is 23.4 Å². The topological polar surface area (TPSA) is 93.9 Å². The Morgan fingerprint density at radius 2 is 1.88 bits per heavy atom. The average molecular weight is 552 g/mol. The van der Waals surface area contributed by atoms with Crippen molar-refractivity contribution >= 4 is 17.0 Å². The Balaban J connectivity index is 1.37. The van der Waals surface area contributed by atoms with Gasteiger partial charge in [-0.1, -0.05) is 0 Å². The van der Waals surface area contributed by atoms with Crippen molar-refractivity contribution in [1.29, 1.82) is 5.26 Å². The number of hydrogen-bond donors (Lipinski definition) is 0. The molecule has 5 rings (SSSR count). The number of benzene rings is 2. The number of ether oxygens (including phenoxy) is 4. The molecule has 2 aliphatic heterocycles. The van der Waals surface area contributed by atoms with Gasteiger partial charge in [0.25, 0.3) is 0 Å². The number of hydrogen-bond acceptors (Lipinski definition) is 7. The van der Waals surface area contributed by atoms with Crippen LogP contribution >= 0.6 is 0 Å². The third kappa shape index (κ3) is 5.39. The van der Waals surface area contributed by atoms with Crippen LogP contribution in [-0.4, -0.2) is 54.0 Å². The summed E-state index contributed by atoms with van der Waals surface area (Å²) < 4.78 is 51.8. The average Bonchev–Trinajstić information content (AvgIpc) is 3.32. The molecule has 0 N–H and O–H groups in total. The standard InChI is InChI=1S/C30H31F2N3O5/c1-29(2,3)40-28(36)35-11-9-30(10-12-35)14-18(17-38-30)22-16-34-25-8-5-19(13-20(25)26(22)37-4)39-27-21(15-33)23(31)6-7-24(27)32/h5-8,13,16,18H,9-12,14,17H2,1-4H3/t18-/m0/s1. The summed E-state index contributed by atoms with van der Waals surface area (Å²) in [6, 6.07) is 8.37. The van der Waals surface area contributed by atoms with Crippen LogP contribution in [-0.2, 0) is 9.47 Å². The molecule has 2 aromatic carbocycles. The number of nitrogens with zero attached hydrogens (tertiary/aromatic N) is 3. The molecule has 3 aromatic rings. The highest BCUT2D eigenvalue weighted by Crippen LogP contribution is 2.46. The second-order valence-corrected chi connectivity index (χ2v) is 11.2. The number of nitriles is 1. The van der Waals surface area contributed by atoms with Gasteiger partial charge in [0.2, 0.25) is 0 Å². The lowest BCUT2D eigenvalue weighted by atomic mass is 9.83. The van der Waals surface area contributed by atoms with Crippen LogP contribution in [0.5, 0.6) is 17.2 Å². The van der Waals surface area contributed by atoms with E-state index in [1.165, 1.54) is 0 Å². The number of carbonyl (C=O) groups excluding carboxylic acids is 1. The lowest BCUT2D eigenvalue weighted by molar-refractivity contribution is -0.0485. The number of aromatic nitrogens is 1. The van der Waals surface area contributed by atoms with E-state index in [1.54, 1.807) is 42.5 Å². The molecule has 40 heavy (non-hydrogen) atoms. The van der Waals surface area contributed by atoms with Crippen molar-refractivity contribution in [1.82, 2.24) is 9.88 Å². The molecule has 10 heteroatoms. The van der Waals surface area contributed by atoms with Gasteiger partial charge < -0.3 is 23.8 Å². The number of methoxy groups -OCH3 is 1. The molecule has 3 heterocycles. The van der Waals surface area contributed by atoms with Crippen molar-refractivity contribution < 1.29 is 32.5 Å². The molecule has 0 bridgehead atoms. The highest BCUT2D eigenvalue weighted by Gasteiger charge is 2.45. The molecular formula is C30H31F2N3O5. The fourth-order valence-electron chi connectivity index (χ4n) is 5.42. The van der Waals surface area contributed by atoms with Gasteiger partial charge in [0.15, 0.2) is 11.6 Å². The fourth-order valence-corrected chi connectivity index (χ4v) is 5.42. The lowest BCUT2D eigenvalue weighted by Gasteiger charge is -2.39. The van der Waals surface area contributed by atoms with Gasteiger partial charge >= 0.3 is 6.09 Å². The third-order valence-electron chi connectivity index (χ3n) is 7.39. The predicted octanol–water partition coefficient (Wildman–Crippen LogP) is 6.46. The van der Waals surface area contributed by atoms with Crippen LogP contribution in [0.25, 0.3) is 10.9 Å². The molecule has 2 fully saturated rings. The SMILES string of the molecule is COc1c([C@@H]2COC3(CCN(C(=O)OC(C)(C)C)CC3)C2)cnc2ccc(Oc3c(F)ccc(F)c3C#N)cc12. The molecular weight excluding hydrogens is 520 g/mol. The summed E-state index contributed by atoms with van der Waals surface area (Å²) in [5, 5.41) is 9.93. The van der Waals surface area contributed by atoms with Gasteiger partial charge in [-0.2, -0.15) is 5.26 Å². The Morgan fingerprint density at radius 1 is 1.15 bits per heavy atom. The molecule has 1 spiro atoms. The third-order valence-corrected chi connectivity index (χ3v) is 7.39. The summed E-state index contributed by atoms with van der Waals surface area (Å²) in [7, 11) is 1.57. The molecule has 0 radical (unpaired) electrons. The second-order valence-electron chi connectivity index (χ2n) is 11.2. The van der Waals surface area contributed by atoms with Crippen LogP contribution < -0.4 is 9.47 Å². The Bertz CT molecular complexity index is 1490. The highest BCUT2D eigenvalue weighted by molar-refractivity contribution is 5.87. The van der Waals surface area contributed by atoms with Gasteiger partial charge in [-0.05, 0) is 70.4 Å². The van der Waals surface area contributed by atoms with E-state index >= 15 is 0 Å². The van der Waals surface area contributed by atoms with E-state index < -0.39 is 28.5 Å². The molecule has 1 amide bonds. The molecule has 0 unspecified atom stereocenters. The normalized spacial score (nSPS) is 18.5. The number of halogens is 2. The Morgan fingerprint density at radius 3 is 2.55 bits per heavy atom. The van der Waals surface area contributed by atoms with E-state index in [1.807, 2.05) is 20.8 Å². The van der Waals surface area contributed by atoms with Crippen molar-refractivity contribution in [2.24, 2.45) is 0 Å². The van der Waals surface area contributed by atoms with Crippen molar-refractivity contribution in [3.63, 3.8) is 0 Å². The molecule has 0 saturated carbocycles. The first-order valence-corrected chi connectivity index (χ1v) is 13.2. The molecule has 2 aliphatic rings. The number of likely N-dealkylation sites (tertiary alicyclic amines) is 1. The van der Waals surface area contributed by atoms with Crippen LogP contribution in [0.3, 0.4) is 0 Å². The first-order valence-electron chi connectivity index (χ1n) is 13.2. The summed E-state index contributed by atoms with van der Waals surface area (Å²) in [5.41, 5.74) is 0.0945. The van der Waals surface area contributed by atoms with Crippen LogP contribution in [0.1, 0.15) is 57.1 Å². The number of rotatable bonds is 4. The van der Waals surface area contributed by atoms with Gasteiger partial charge in [-0.15, -0.1) is 0 Å². The minimum absolute atomic E-state index is 0.00959. The first-order chi connectivity index (χ1) is 19.0. The summed E-state index contributed by atoms with van der Waals surface area (Å²) in [6.45, 7) is 7.14. The maximum absolute atomic E-state index is 14.4. The summed E-state index contributed by atoms with van der Waals surface area (Å²) in [6.07, 6.45) is 3.62. The van der Waals surface area contributed by atoms with Crippen molar-refractivity contribution in [2.45, 2.75) is 57.2 Å². The second kappa shape index (κ2) is 10.5. The molecule has 0 aliphatic carbocycles. The quantitative estimate of drug-likeness (QED) is 0.367. The van der Waals surface area contributed by atoms with E-state index in [0.717, 1.165) is 24.1 Å². The maximum Gasteiger partial charge on any atom is 0.410 e. The largest absolute Gasteiger partial charge is 0.496 e. The summed E-state index contributed by atoms with van der Waals surface area (Å²) in [5.74, 6) is -1.38. The number of piperidine rings is 1. The van der Waals surface area contributed by atoms with Crippen LogP contribution in [0.4, 0.5) is 13.6 Å². The van der Waals surface area contributed by atoms with Gasteiger partial charge in [0.1, 0.15) is 34.5 Å². The van der Waals surface area contributed by atoms with Gasteiger partial charge in [-0.25, -0.2) is 13.6 Å². The van der Waals surface area contributed by atoms with Crippen molar-refractivity contribution in [3.8, 4) is 23.3 Å². The zero-order valence-electron chi connectivity index (χ0n) is 22.9. The van der Waals surface area contributed by atoms with Crippen LogP contribution in [0.15, 0.2) is 36.5 Å². The molecule has 1 aromatic heterocycles. The monoisotopic (exact) mass is 551 g/mol. The van der Waals surface area contributed by atoms with Crippen LogP contribution in [0.2, 0.25) is 0 Å². The Hall–Kier alpha value is -3.97. The van der Waals surface area contributed by atoms with E-state index in [0.29, 0.717) is 49.2 Å². The smallest absolute Gasteiger partial charge is 0.410 e. The van der Waals surface area contributed by atoms with E-state index in [9.17, 15) is 18.8 Å². The van der Waals surface area contributed by atoms with Crippen molar-refractivity contribution in [3.05, 3.63) is 59.3 Å². The predicted molar refractivity (Wildman–Crippen MR) is 143 cm³/mol. The molecule has 1 atom stereocenters. The fraction of sp³-hybridized carbons (Fsp3) is 0.433. The molecule has 2 saturated heterocycles. The lowest BCUT2D eigenvalue weighted by Crippen LogP contribution is -2.47. The van der Waals surface area contributed by atoms with Crippen molar-refractivity contribution in [2.75, 3.05) is 26.8 Å². The molecule has 8 nitrogen and oxygen atoms in total. The van der Waals surface area contributed by atoms with E-state index in [4.69, 9.17) is 18.9 Å². The summed E-state index contributed by atoms with van der Waals surface area (Å²) in [4.78, 5) is 18.8. The van der Waals surface area contributed by atoms with Crippen LogP contribution in [0, 0.1) is 23.0 Å². The molecule has 210 valence electrons. The minimum atomic E-state index is -0.867. The number of carbonyl (C=O) groups is 1. The van der Waals surface area contributed by atoms with Gasteiger partial charge in [-0.3, -0.25) is 4.98 Å². The Labute approximate surface area is 231 Å². The number of pyridine rings is 1. The van der Waals surface area contributed by atoms with E-state index in [2.05, 4.69) is 4.98 Å². The zero-order chi connectivity index (χ0) is 28.7. The summed E-state index contributed by atoms with van der Waals surface area (Å²) >= 11 is 0. The first kappa shape index (κ1) is 27.6. The number of fused-ring (bicyclic) bond motifs is 1. The highest BCUT2D eigenvalue weighted by atomic mass is 19.1. The zero-order valence-corrected chi connectivity index (χ0v) is 22.9. The number of amides is 1.